The molecule has 0 fully saturated rings. The number of nitrogens with one attached hydrogen (secondary N) is 1. The zero-order valence-electron chi connectivity index (χ0n) is 11.1. The highest BCUT2D eigenvalue weighted by Crippen LogP contribution is 2.14. The van der Waals surface area contributed by atoms with Gasteiger partial charge in [0.2, 0.25) is 5.91 Å². The van der Waals surface area contributed by atoms with Gasteiger partial charge in [-0.25, -0.2) is 0 Å². The Hall–Kier alpha value is -2.14. The lowest BCUT2D eigenvalue weighted by molar-refractivity contribution is -0.123. The second-order valence-electron chi connectivity index (χ2n) is 4.57. The van der Waals surface area contributed by atoms with Crippen LogP contribution in [0.25, 0.3) is 0 Å². The van der Waals surface area contributed by atoms with Gasteiger partial charge in [0.05, 0.1) is 12.2 Å². The smallest absolute Gasteiger partial charge is 0.242 e. The number of nitrogens with zero attached hydrogens (tertiary/aromatic N) is 2. The van der Waals surface area contributed by atoms with Crippen molar-refractivity contribution in [3.05, 3.63) is 53.9 Å². The quantitative estimate of drug-likeness (QED) is 0.868. The van der Waals surface area contributed by atoms with E-state index in [1.54, 1.807) is 24.1 Å². The maximum absolute atomic E-state index is 12.1. The van der Waals surface area contributed by atoms with Gasteiger partial charge in [-0.1, -0.05) is 30.3 Å². The van der Waals surface area contributed by atoms with E-state index in [0.29, 0.717) is 5.56 Å². The zero-order valence-corrected chi connectivity index (χ0v) is 11.1. The van der Waals surface area contributed by atoms with Crippen molar-refractivity contribution in [3.63, 3.8) is 0 Å². The number of aromatic nitrogens is 2. The largest absolute Gasteiger partial charge is 0.348 e. The first-order valence-electron chi connectivity index (χ1n) is 6.17. The van der Waals surface area contributed by atoms with E-state index in [4.69, 9.17) is 5.73 Å². The highest BCUT2D eigenvalue weighted by atomic mass is 16.2. The summed E-state index contributed by atoms with van der Waals surface area (Å²) in [5.74, 6) is -0.204. The number of benzene rings is 1. The van der Waals surface area contributed by atoms with E-state index in [0.717, 1.165) is 5.56 Å². The number of rotatable bonds is 4. The van der Waals surface area contributed by atoms with Crippen LogP contribution in [0.1, 0.15) is 30.1 Å². The highest BCUT2D eigenvalue weighted by molar-refractivity contribution is 5.83. The molecule has 1 aromatic carbocycles. The average molecular weight is 258 g/mol. The number of carbonyl (C=O) groups is 1. The Morgan fingerprint density at radius 1 is 1.32 bits per heavy atom. The van der Waals surface area contributed by atoms with E-state index in [9.17, 15) is 4.79 Å². The minimum absolute atomic E-state index is 0.0728. The molecule has 2 rings (SSSR count). The number of carbonyl (C=O) groups excluding carboxylic acids is 1. The summed E-state index contributed by atoms with van der Waals surface area (Å²) in [6.45, 7) is 1.93. The van der Waals surface area contributed by atoms with Crippen LogP contribution in [0.2, 0.25) is 0 Å². The third kappa shape index (κ3) is 3.20. The van der Waals surface area contributed by atoms with Gasteiger partial charge in [0.25, 0.3) is 0 Å². The molecule has 5 nitrogen and oxygen atoms in total. The van der Waals surface area contributed by atoms with Crippen molar-refractivity contribution >= 4 is 5.91 Å². The van der Waals surface area contributed by atoms with Crippen LogP contribution >= 0.6 is 0 Å². The third-order valence-corrected chi connectivity index (χ3v) is 3.02. The number of aryl methyl sites for hydroxylation is 1. The molecule has 0 spiro atoms. The molecule has 2 aromatic rings. The van der Waals surface area contributed by atoms with Gasteiger partial charge in [-0.05, 0) is 12.5 Å². The van der Waals surface area contributed by atoms with Gasteiger partial charge in [0.15, 0.2) is 0 Å². The average Bonchev–Trinajstić information content (AvgIpc) is 2.85. The zero-order chi connectivity index (χ0) is 13.8. The van der Waals surface area contributed by atoms with Gasteiger partial charge >= 0.3 is 0 Å². The fourth-order valence-corrected chi connectivity index (χ4v) is 1.88. The van der Waals surface area contributed by atoms with Crippen molar-refractivity contribution < 1.29 is 4.79 Å². The number of hydrogen-bond donors (Lipinski definition) is 2. The Bertz CT molecular complexity index is 550. The minimum Gasteiger partial charge on any atom is -0.348 e. The van der Waals surface area contributed by atoms with Crippen LogP contribution in [0.5, 0.6) is 0 Å². The second-order valence-corrected chi connectivity index (χ2v) is 4.57. The van der Waals surface area contributed by atoms with E-state index in [2.05, 4.69) is 10.4 Å². The van der Waals surface area contributed by atoms with Gasteiger partial charge in [0.1, 0.15) is 6.04 Å². The molecule has 2 atom stereocenters. The Balaban J connectivity index is 2.01. The van der Waals surface area contributed by atoms with Crippen LogP contribution in [-0.4, -0.2) is 15.7 Å². The molecule has 0 aliphatic carbocycles. The first-order valence-corrected chi connectivity index (χ1v) is 6.17. The van der Waals surface area contributed by atoms with E-state index < -0.39 is 6.04 Å². The van der Waals surface area contributed by atoms with Gasteiger partial charge in [-0.15, -0.1) is 0 Å². The molecule has 0 saturated heterocycles. The minimum atomic E-state index is -0.695. The lowest BCUT2D eigenvalue weighted by Gasteiger charge is -2.17. The van der Waals surface area contributed by atoms with Crippen LogP contribution in [0.3, 0.4) is 0 Å². The first-order chi connectivity index (χ1) is 9.08. The monoisotopic (exact) mass is 258 g/mol. The van der Waals surface area contributed by atoms with E-state index in [1.165, 1.54) is 0 Å². The summed E-state index contributed by atoms with van der Waals surface area (Å²) in [6, 6.07) is 9.01. The van der Waals surface area contributed by atoms with E-state index >= 15 is 0 Å². The third-order valence-electron chi connectivity index (χ3n) is 3.02. The maximum atomic E-state index is 12.1. The first kappa shape index (κ1) is 13.3. The number of nitrogens with two attached hydrogens (primary N) is 1. The molecule has 0 aliphatic rings. The Morgan fingerprint density at radius 3 is 2.58 bits per heavy atom. The molecule has 1 amide bonds. The van der Waals surface area contributed by atoms with Gasteiger partial charge in [-0.2, -0.15) is 5.10 Å². The molecule has 0 bridgehead atoms. The Kier molecular flexibility index (Phi) is 3.97. The Labute approximate surface area is 112 Å². The molecular weight excluding hydrogens is 240 g/mol. The van der Waals surface area contributed by atoms with Crippen molar-refractivity contribution in [2.75, 3.05) is 0 Å². The lowest BCUT2D eigenvalue weighted by Crippen LogP contribution is -2.35. The molecule has 19 heavy (non-hydrogen) atoms. The van der Waals surface area contributed by atoms with Crippen molar-refractivity contribution in [1.29, 1.82) is 0 Å². The second kappa shape index (κ2) is 5.67. The van der Waals surface area contributed by atoms with Crippen LogP contribution in [-0.2, 0) is 11.8 Å². The SMILES string of the molecule is C[C@@H](NC(=O)C(N)c1cnn(C)c1)c1ccccc1. The van der Waals surface area contributed by atoms with Crippen molar-refractivity contribution in [1.82, 2.24) is 15.1 Å². The molecule has 0 saturated carbocycles. The molecule has 5 heteroatoms. The molecular formula is C14H18N4O. The van der Waals surface area contributed by atoms with Crippen molar-refractivity contribution in [2.24, 2.45) is 12.8 Å². The predicted molar refractivity (Wildman–Crippen MR) is 73.1 cm³/mol. The van der Waals surface area contributed by atoms with Gasteiger partial charge < -0.3 is 11.1 Å². The summed E-state index contributed by atoms with van der Waals surface area (Å²) in [5.41, 5.74) is 7.67. The van der Waals surface area contributed by atoms with Crippen molar-refractivity contribution in [2.45, 2.75) is 19.0 Å². The molecule has 1 aromatic heterocycles. The molecule has 0 aliphatic heterocycles. The maximum Gasteiger partial charge on any atom is 0.242 e. The van der Waals surface area contributed by atoms with Gasteiger partial charge in [-0.3, -0.25) is 9.48 Å². The molecule has 3 N–H and O–H groups in total. The van der Waals surface area contributed by atoms with E-state index in [1.807, 2.05) is 37.3 Å². The summed E-state index contributed by atoms with van der Waals surface area (Å²) in [4.78, 5) is 12.1. The lowest BCUT2D eigenvalue weighted by atomic mass is 10.1. The van der Waals surface area contributed by atoms with Crippen LogP contribution in [0, 0.1) is 0 Å². The topological polar surface area (TPSA) is 72.9 Å². The number of amides is 1. The van der Waals surface area contributed by atoms with Crippen LogP contribution in [0.15, 0.2) is 42.7 Å². The summed E-state index contributed by atoms with van der Waals surface area (Å²) in [6.07, 6.45) is 3.36. The van der Waals surface area contributed by atoms with Gasteiger partial charge in [0, 0.05) is 18.8 Å². The fourth-order valence-electron chi connectivity index (χ4n) is 1.88. The highest BCUT2D eigenvalue weighted by Gasteiger charge is 2.19. The van der Waals surface area contributed by atoms with E-state index in [-0.39, 0.29) is 11.9 Å². The Morgan fingerprint density at radius 2 is 2.00 bits per heavy atom. The fraction of sp³-hybridized carbons (Fsp3) is 0.286. The summed E-state index contributed by atoms with van der Waals surface area (Å²) in [5, 5.41) is 6.92. The number of hydrogen-bond acceptors (Lipinski definition) is 3. The molecule has 0 radical (unpaired) electrons. The normalized spacial score (nSPS) is 13.8. The molecule has 100 valence electrons. The predicted octanol–water partition coefficient (Wildman–Crippen LogP) is 1.30. The summed E-state index contributed by atoms with van der Waals surface area (Å²) in [7, 11) is 1.79. The molecule has 1 heterocycles. The van der Waals surface area contributed by atoms with Crippen molar-refractivity contribution in [3.8, 4) is 0 Å². The standard InChI is InChI=1S/C14H18N4O/c1-10(11-6-4-3-5-7-11)17-14(19)13(15)12-8-16-18(2)9-12/h3-10,13H,15H2,1-2H3,(H,17,19)/t10-,13?/m1/s1. The summed E-state index contributed by atoms with van der Waals surface area (Å²) >= 11 is 0. The van der Waals surface area contributed by atoms with Crippen LogP contribution in [0.4, 0.5) is 0 Å². The molecule has 1 unspecified atom stereocenters. The van der Waals surface area contributed by atoms with Crippen LogP contribution < -0.4 is 11.1 Å². The summed E-state index contributed by atoms with van der Waals surface area (Å²) < 4.78 is 1.63.